The Balaban J connectivity index is 2.30. The first kappa shape index (κ1) is 16.4. The molecule has 0 saturated carbocycles. The second kappa shape index (κ2) is 6.23. The van der Waals surface area contributed by atoms with Gasteiger partial charge < -0.3 is 15.4 Å². The molecule has 1 aliphatic rings. The van der Waals surface area contributed by atoms with Gasteiger partial charge in [0.1, 0.15) is 5.54 Å². The van der Waals surface area contributed by atoms with Gasteiger partial charge in [-0.1, -0.05) is 20.8 Å². The quantitative estimate of drug-likeness (QED) is 0.777. The van der Waals surface area contributed by atoms with Crippen molar-refractivity contribution in [3.63, 3.8) is 0 Å². The summed E-state index contributed by atoms with van der Waals surface area (Å²) in [5.41, 5.74) is 5.50. The lowest BCUT2D eigenvalue weighted by Gasteiger charge is -2.27. The highest BCUT2D eigenvalue weighted by molar-refractivity contribution is 5.79. The number of hydrogen-bond donors (Lipinski definition) is 1. The first-order valence-electron chi connectivity index (χ1n) is 7.26. The molecule has 2 unspecified atom stereocenters. The third-order valence-electron chi connectivity index (χ3n) is 4.32. The standard InChI is InChI=1S/C15H30N2O2/c1-14(2,3)12-7-10-17(11-12)9-6-8-15(4,16)13(18)19-5/h12H,6-11,16H2,1-5H3. The summed E-state index contributed by atoms with van der Waals surface area (Å²) in [6.07, 6.45) is 2.90. The van der Waals surface area contributed by atoms with E-state index in [1.165, 1.54) is 26.6 Å². The SMILES string of the molecule is COC(=O)C(C)(N)CCCN1CCC(C(C)(C)C)C1. The second-order valence-electron chi connectivity index (χ2n) is 7.16. The minimum atomic E-state index is -0.849. The fourth-order valence-corrected chi connectivity index (χ4v) is 2.75. The van der Waals surface area contributed by atoms with Gasteiger partial charge in [-0.2, -0.15) is 0 Å². The summed E-state index contributed by atoms with van der Waals surface area (Å²) in [5.74, 6) is 0.457. The predicted octanol–water partition coefficient (Wildman–Crippen LogP) is 2.02. The molecule has 0 spiro atoms. The van der Waals surface area contributed by atoms with Crippen molar-refractivity contribution in [1.82, 2.24) is 4.90 Å². The van der Waals surface area contributed by atoms with E-state index in [0.717, 1.165) is 18.9 Å². The summed E-state index contributed by atoms with van der Waals surface area (Å²) < 4.78 is 4.72. The molecular weight excluding hydrogens is 240 g/mol. The van der Waals surface area contributed by atoms with Crippen LogP contribution in [0.25, 0.3) is 0 Å². The first-order chi connectivity index (χ1) is 8.66. The Morgan fingerprint density at radius 2 is 2.00 bits per heavy atom. The van der Waals surface area contributed by atoms with Gasteiger partial charge >= 0.3 is 5.97 Å². The number of hydrogen-bond acceptors (Lipinski definition) is 4. The molecular formula is C15H30N2O2. The zero-order valence-electron chi connectivity index (χ0n) is 13.2. The van der Waals surface area contributed by atoms with Crippen molar-refractivity contribution in [2.75, 3.05) is 26.7 Å². The molecule has 0 aromatic carbocycles. The average Bonchev–Trinajstić information content (AvgIpc) is 2.76. The number of likely N-dealkylation sites (tertiary alicyclic amines) is 1. The lowest BCUT2D eigenvalue weighted by molar-refractivity contribution is -0.146. The van der Waals surface area contributed by atoms with E-state index in [1.54, 1.807) is 6.92 Å². The van der Waals surface area contributed by atoms with Gasteiger partial charge in [0, 0.05) is 6.54 Å². The maximum atomic E-state index is 11.5. The Morgan fingerprint density at radius 1 is 1.37 bits per heavy atom. The average molecular weight is 270 g/mol. The first-order valence-corrected chi connectivity index (χ1v) is 7.26. The molecule has 1 saturated heterocycles. The molecule has 4 nitrogen and oxygen atoms in total. The second-order valence-corrected chi connectivity index (χ2v) is 7.16. The Kier molecular flexibility index (Phi) is 5.39. The summed E-state index contributed by atoms with van der Waals surface area (Å²) in [6, 6.07) is 0. The van der Waals surface area contributed by atoms with Gasteiger partial charge in [-0.25, -0.2) is 0 Å². The van der Waals surface area contributed by atoms with Gasteiger partial charge in [0.2, 0.25) is 0 Å². The molecule has 2 N–H and O–H groups in total. The molecule has 2 atom stereocenters. The van der Waals surface area contributed by atoms with Gasteiger partial charge in [0.25, 0.3) is 0 Å². The zero-order valence-corrected chi connectivity index (χ0v) is 13.2. The van der Waals surface area contributed by atoms with Crippen LogP contribution in [0.2, 0.25) is 0 Å². The maximum Gasteiger partial charge on any atom is 0.325 e. The van der Waals surface area contributed by atoms with Crippen molar-refractivity contribution < 1.29 is 9.53 Å². The van der Waals surface area contributed by atoms with Crippen LogP contribution >= 0.6 is 0 Å². The van der Waals surface area contributed by atoms with Gasteiger partial charge in [-0.3, -0.25) is 4.79 Å². The number of nitrogens with zero attached hydrogens (tertiary/aromatic N) is 1. The normalized spacial score (nSPS) is 24.2. The Hall–Kier alpha value is -0.610. The minimum absolute atomic E-state index is 0.318. The smallest absolute Gasteiger partial charge is 0.325 e. The Bertz CT molecular complexity index is 308. The van der Waals surface area contributed by atoms with E-state index >= 15 is 0 Å². The minimum Gasteiger partial charge on any atom is -0.468 e. The number of methoxy groups -OCH3 is 1. The van der Waals surface area contributed by atoms with Crippen molar-refractivity contribution in [3.8, 4) is 0 Å². The number of carbonyl (C=O) groups excluding carboxylic acids is 1. The van der Waals surface area contributed by atoms with E-state index in [9.17, 15) is 4.79 Å². The molecule has 1 heterocycles. The third-order valence-corrected chi connectivity index (χ3v) is 4.32. The van der Waals surface area contributed by atoms with Crippen LogP contribution in [0.4, 0.5) is 0 Å². The molecule has 0 aromatic rings. The van der Waals surface area contributed by atoms with Crippen LogP contribution in [0.15, 0.2) is 0 Å². The van der Waals surface area contributed by atoms with Crippen molar-refractivity contribution in [1.29, 1.82) is 0 Å². The van der Waals surface area contributed by atoms with Crippen LogP contribution < -0.4 is 5.73 Å². The Morgan fingerprint density at radius 3 is 2.47 bits per heavy atom. The molecule has 1 aliphatic heterocycles. The van der Waals surface area contributed by atoms with Crippen molar-refractivity contribution in [2.24, 2.45) is 17.1 Å². The monoisotopic (exact) mass is 270 g/mol. The van der Waals surface area contributed by atoms with E-state index in [4.69, 9.17) is 10.5 Å². The number of carbonyl (C=O) groups is 1. The van der Waals surface area contributed by atoms with E-state index in [1.807, 2.05) is 0 Å². The molecule has 0 bridgehead atoms. The van der Waals surface area contributed by atoms with E-state index < -0.39 is 5.54 Å². The molecule has 112 valence electrons. The molecule has 0 aromatic heterocycles. The van der Waals surface area contributed by atoms with Crippen LogP contribution in [0.1, 0.15) is 47.0 Å². The van der Waals surface area contributed by atoms with Crippen LogP contribution in [-0.4, -0.2) is 43.2 Å². The third kappa shape index (κ3) is 4.77. The number of nitrogens with two attached hydrogens (primary N) is 1. The molecule has 4 heteroatoms. The molecule has 0 radical (unpaired) electrons. The molecule has 19 heavy (non-hydrogen) atoms. The predicted molar refractivity (Wildman–Crippen MR) is 77.8 cm³/mol. The summed E-state index contributed by atoms with van der Waals surface area (Å²) in [4.78, 5) is 14.0. The zero-order chi connectivity index (χ0) is 14.7. The molecule has 1 fully saturated rings. The fraction of sp³-hybridized carbons (Fsp3) is 0.933. The van der Waals surface area contributed by atoms with Crippen molar-refractivity contribution in [2.45, 2.75) is 52.5 Å². The molecule has 0 amide bonds. The maximum absolute atomic E-state index is 11.5. The number of esters is 1. The molecule has 1 rings (SSSR count). The number of ether oxygens (including phenoxy) is 1. The van der Waals surface area contributed by atoms with Crippen molar-refractivity contribution >= 4 is 5.97 Å². The fourth-order valence-electron chi connectivity index (χ4n) is 2.75. The Labute approximate surface area is 117 Å². The summed E-state index contributed by atoms with van der Waals surface area (Å²) in [6.45, 7) is 12.1. The van der Waals surface area contributed by atoms with Gasteiger partial charge in [-0.05, 0) is 50.6 Å². The summed E-state index contributed by atoms with van der Waals surface area (Å²) in [5, 5.41) is 0. The lowest BCUT2D eigenvalue weighted by Crippen LogP contribution is -2.46. The van der Waals surface area contributed by atoms with E-state index in [2.05, 4.69) is 25.7 Å². The van der Waals surface area contributed by atoms with Gasteiger partial charge in [0.15, 0.2) is 0 Å². The van der Waals surface area contributed by atoms with Gasteiger partial charge in [-0.15, -0.1) is 0 Å². The number of rotatable bonds is 5. The van der Waals surface area contributed by atoms with Crippen LogP contribution in [-0.2, 0) is 9.53 Å². The van der Waals surface area contributed by atoms with Crippen LogP contribution in [0, 0.1) is 11.3 Å². The van der Waals surface area contributed by atoms with Crippen LogP contribution in [0.3, 0.4) is 0 Å². The van der Waals surface area contributed by atoms with E-state index in [-0.39, 0.29) is 5.97 Å². The van der Waals surface area contributed by atoms with Crippen molar-refractivity contribution in [3.05, 3.63) is 0 Å². The van der Waals surface area contributed by atoms with Crippen LogP contribution in [0.5, 0.6) is 0 Å². The lowest BCUT2D eigenvalue weighted by atomic mass is 9.80. The summed E-state index contributed by atoms with van der Waals surface area (Å²) >= 11 is 0. The van der Waals surface area contributed by atoms with Gasteiger partial charge in [0.05, 0.1) is 7.11 Å². The molecule has 0 aliphatic carbocycles. The largest absolute Gasteiger partial charge is 0.468 e. The topological polar surface area (TPSA) is 55.6 Å². The highest BCUT2D eigenvalue weighted by Gasteiger charge is 2.32. The summed E-state index contributed by atoms with van der Waals surface area (Å²) in [7, 11) is 1.39. The highest BCUT2D eigenvalue weighted by Crippen LogP contribution is 2.33. The highest BCUT2D eigenvalue weighted by atomic mass is 16.5. The van der Waals surface area contributed by atoms with E-state index in [0.29, 0.717) is 11.8 Å².